The Kier molecular flexibility index (Phi) is 7.18. The number of halogens is 1. The van der Waals surface area contributed by atoms with E-state index in [9.17, 15) is 9.59 Å². The molecule has 0 saturated carbocycles. The van der Waals surface area contributed by atoms with Crippen LogP contribution >= 0.6 is 12.4 Å². The Morgan fingerprint density at radius 1 is 0.962 bits per heavy atom. The molecule has 0 unspecified atom stereocenters. The Bertz CT molecular complexity index is 792. The molecule has 2 aromatic rings. The number of hydrogen-bond acceptors (Lipinski definition) is 3. The van der Waals surface area contributed by atoms with Crippen LogP contribution in [0.25, 0.3) is 0 Å². The lowest BCUT2D eigenvalue weighted by molar-refractivity contribution is 0.0955. The van der Waals surface area contributed by atoms with E-state index in [1.165, 1.54) is 24.0 Å². The molecule has 0 fully saturated rings. The first kappa shape index (κ1) is 19.9. The van der Waals surface area contributed by atoms with E-state index >= 15 is 0 Å². The van der Waals surface area contributed by atoms with Crippen LogP contribution in [0.15, 0.2) is 42.5 Å². The Labute approximate surface area is 159 Å². The molecular weight excluding hydrogens is 350 g/mol. The first-order valence-corrected chi connectivity index (χ1v) is 8.69. The average molecular weight is 374 g/mol. The van der Waals surface area contributed by atoms with Crippen LogP contribution in [0.2, 0.25) is 0 Å². The highest BCUT2D eigenvalue weighted by Gasteiger charge is 2.16. The first-order valence-electron chi connectivity index (χ1n) is 8.69. The standard InChI is InChI=1S/C20H23N3O2.ClH/c21-11-12-22-20(25)17-7-3-4-8-18(17)23-19(24)16-10-9-14-5-1-2-6-15(14)13-16;/h3-4,7-10,13H,1-2,5-6,11-12,21H2,(H,22,25)(H,23,24);1H. The Balaban J connectivity index is 0.00000243. The maximum atomic E-state index is 12.6. The highest BCUT2D eigenvalue weighted by Crippen LogP contribution is 2.23. The minimum atomic E-state index is -0.244. The van der Waals surface area contributed by atoms with Crippen LogP contribution in [-0.4, -0.2) is 24.9 Å². The molecule has 1 aliphatic rings. The van der Waals surface area contributed by atoms with Gasteiger partial charge in [0.15, 0.2) is 0 Å². The summed E-state index contributed by atoms with van der Waals surface area (Å²) in [6, 6.07) is 12.9. The summed E-state index contributed by atoms with van der Waals surface area (Å²) in [6.45, 7) is 0.765. The molecule has 0 heterocycles. The van der Waals surface area contributed by atoms with Crippen LogP contribution in [0.1, 0.15) is 44.7 Å². The predicted molar refractivity (Wildman–Crippen MR) is 106 cm³/mol. The minimum Gasteiger partial charge on any atom is -0.351 e. The summed E-state index contributed by atoms with van der Waals surface area (Å²) in [4.78, 5) is 24.8. The molecule has 3 rings (SSSR count). The fourth-order valence-corrected chi connectivity index (χ4v) is 3.14. The van der Waals surface area contributed by atoms with Gasteiger partial charge >= 0.3 is 0 Å². The zero-order valence-electron chi connectivity index (χ0n) is 14.6. The summed E-state index contributed by atoms with van der Waals surface area (Å²) in [6.07, 6.45) is 4.49. The van der Waals surface area contributed by atoms with Gasteiger partial charge < -0.3 is 16.4 Å². The second-order valence-corrected chi connectivity index (χ2v) is 6.23. The number of anilines is 1. The molecule has 2 amide bonds. The minimum absolute atomic E-state index is 0. The summed E-state index contributed by atoms with van der Waals surface area (Å²) in [5.41, 5.74) is 9.57. The zero-order valence-corrected chi connectivity index (χ0v) is 15.4. The molecular formula is C20H24ClN3O2. The molecule has 4 N–H and O–H groups in total. The number of para-hydroxylation sites is 1. The van der Waals surface area contributed by atoms with Gasteiger partial charge in [-0.2, -0.15) is 0 Å². The Morgan fingerprint density at radius 2 is 1.69 bits per heavy atom. The third-order valence-corrected chi connectivity index (χ3v) is 4.46. The number of hydrogen-bond donors (Lipinski definition) is 3. The molecule has 1 aliphatic carbocycles. The van der Waals surface area contributed by atoms with Gasteiger partial charge in [0.05, 0.1) is 11.3 Å². The molecule has 5 nitrogen and oxygen atoms in total. The Hall–Kier alpha value is -2.37. The second-order valence-electron chi connectivity index (χ2n) is 6.23. The van der Waals surface area contributed by atoms with E-state index in [1.807, 2.05) is 18.2 Å². The van der Waals surface area contributed by atoms with E-state index in [4.69, 9.17) is 5.73 Å². The van der Waals surface area contributed by atoms with Gasteiger partial charge in [-0.05, 0) is 61.1 Å². The average Bonchev–Trinajstić information content (AvgIpc) is 2.66. The van der Waals surface area contributed by atoms with E-state index in [0.717, 1.165) is 12.8 Å². The van der Waals surface area contributed by atoms with E-state index in [2.05, 4.69) is 10.6 Å². The van der Waals surface area contributed by atoms with Crippen molar-refractivity contribution in [2.24, 2.45) is 5.73 Å². The van der Waals surface area contributed by atoms with Gasteiger partial charge in [-0.3, -0.25) is 9.59 Å². The van der Waals surface area contributed by atoms with Gasteiger partial charge in [0.25, 0.3) is 11.8 Å². The molecule has 0 spiro atoms. The largest absolute Gasteiger partial charge is 0.351 e. The van der Waals surface area contributed by atoms with Gasteiger partial charge in [0.1, 0.15) is 0 Å². The van der Waals surface area contributed by atoms with Crippen LogP contribution in [0.3, 0.4) is 0 Å². The van der Waals surface area contributed by atoms with Crippen LogP contribution in [0, 0.1) is 0 Å². The predicted octanol–water partition coefficient (Wildman–Crippen LogP) is 2.93. The van der Waals surface area contributed by atoms with E-state index < -0.39 is 0 Å². The zero-order chi connectivity index (χ0) is 17.6. The fourth-order valence-electron chi connectivity index (χ4n) is 3.14. The smallest absolute Gasteiger partial charge is 0.255 e. The molecule has 0 atom stereocenters. The first-order chi connectivity index (χ1) is 12.2. The van der Waals surface area contributed by atoms with E-state index in [0.29, 0.717) is 29.9 Å². The number of carbonyl (C=O) groups is 2. The third-order valence-electron chi connectivity index (χ3n) is 4.46. The highest BCUT2D eigenvalue weighted by molar-refractivity contribution is 6.09. The van der Waals surface area contributed by atoms with Crippen LogP contribution in [0.5, 0.6) is 0 Å². The summed E-state index contributed by atoms with van der Waals surface area (Å²) in [5, 5.41) is 5.59. The van der Waals surface area contributed by atoms with Gasteiger partial charge in [-0.25, -0.2) is 0 Å². The topological polar surface area (TPSA) is 84.2 Å². The van der Waals surface area contributed by atoms with Crippen LogP contribution in [-0.2, 0) is 12.8 Å². The number of fused-ring (bicyclic) bond motifs is 1. The molecule has 0 aromatic heterocycles. The van der Waals surface area contributed by atoms with Crippen molar-refractivity contribution >= 4 is 29.9 Å². The molecule has 0 bridgehead atoms. The molecule has 138 valence electrons. The molecule has 6 heteroatoms. The molecule has 0 saturated heterocycles. The van der Waals surface area contributed by atoms with Crippen molar-refractivity contribution in [1.82, 2.24) is 5.32 Å². The SMILES string of the molecule is Cl.NCCNC(=O)c1ccccc1NC(=O)c1ccc2c(c1)CCCC2. The van der Waals surface area contributed by atoms with Crippen molar-refractivity contribution in [3.8, 4) is 0 Å². The van der Waals surface area contributed by atoms with Crippen molar-refractivity contribution in [2.45, 2.75) is 25.7 Å². The number of benzene rings is 2. The number of nitrogens with two attached hydrogens (primary N) is 1. The third kappa shape index (κ3) is 4.62. The van der Waals surface area contributed by atoms with E-state index in [-0.39, 0.29) is 24.2 Å². The molecule has 0 aliphatic heterocycles. The quantitative estimate of drug-likeness (QED) is 0.753. The summed E-state index contributed by atoms with van der Waals surface area (Å²) in [5.74, 6) is -0.445. The number of nitrogens with one attached hydrogen (secondary N) is 2. The van der Waals surface area contributed by atoms with Crippen molar-refractivity contribution in [1.29, 1.82) is 0 Å². The Morgan fingerprint density at radius 3 is 2.46 bits per heavy atom. The number of carbonyl (C=O) groups excluding carboxylic acids is 2. The van der Waals surface area contributed by atoms with Gasteiger partial charge in [-0.1, -0.05) is 18.2 Å². The number of rotatable bonds is 5. The lowest BCUT2D eigenvalue weighted by Gasteiger charge is -2.17. The summed E-state index contributed by atoms with van der Waals surface area (Å²) in [7, 11) is 0. The lowest BCUT2D eigenvalue weighted by Crippen LogP contribution is -2.30. The van der Waals surface area contributed by atoms with Crippen molar-refractivity contribution in [2.75, 3.05) is 18.4 Å². The highest BCUT2D eigenvalue weighted by atomic mass is 35.5. The lowest BCUT2D eigenvalue weighted by atomic mass is 9.90. The van der Waals surface area contributed by atoms with Crippen molar-refractivity contribution < 1.29 is 9.59 Å². The van der Waals surface area contributed by atoms with Crippen molar-refractivity contribution in [3.05, 3.63) is 64.7 Å². The fraction of sp³-hybridized carbons (Fsp3) is 0.300. The van der Waals surface area contributed by atoms with E-state index in [1.54, 1.807) is 24.3 Å². The van der Waals surface area contributed by atoms with Gasteiger partial charge in [0, 0.05) is 18.7 Å². The van der Waals surface area contributed by atoms with Gasteiger partial charge in [-0.15, -0.1) is 12.4 Å². The molecule has 2 aromatic carbocycles. The normalized spacial score (nSPS) is 12.5. The molecule has 0 radical (unpaired) electrons. The second kappa shape index (κ2) is 9.36. The van der Waals surface area contributed by atoms with Gasteiger partial charge in [0.2, 0.25) is 0 Å². The maximum Gasteiger partial charge on any atom is 0.255 e. The number of amides is 2. The number of aryl methyl sites for hydroxylation is 2. The maximum absolute atomic E-state index is 12.6. The molecule has 26 heavy (non-hydrogen) atoms. The van der Waals surface area contributed by atoms with Crippen LogP contribution in [0.4, 0.5) is 5.69 Å². The van der Waals surface area contributed by atoms with Crippen molar-refractivity contribution in [3.63, 3.8) is 0 Å². The summed E-state index contributed by atoms with van der Waals surface area (Å²) >= 11 is 0. The van der Waals surface area contributed by atoms with Crippen LogP contribution < -0.4 is 16.4 Å². The monoisotopic (exact) mass is 373 g/mol. The summed E-state index contributed by atoms with van der Waals surface area (Å²) < 4.78 is 0.